The van der Waals surface area contributed by atoms with Crippen molar-refractivity contribution < 1.29 is 4.79 Å². The summed E-state index contributed by atoms with van der Waals surface area (Å²) in [7, 11) is 0. The zero-order chi connectivity index (χ0) is 34.3. The number of aryl methyl sites for hydroxylation is 2. The van der Waals surface area contributed by atoms with E-state index in [0.29, 0.717) is 11.5 Å². The van der Waals surface area contributed by atoms with Crippen LogP contribution in [-0.4, -0.2) is 20.9 Å². The van der Waals surface area contributed by atoms with Gasteiger partial charge in [-0.1, -0.05) is 90.5 Å². The molecule has 0 fully saturated rings. The number of hydrogen-bond donors (Lipinski definition) is 2. The third-order valence-corrected chi connectivity index (χ3v) is 10.2. The lowest BCUT2D eigenvalue weighted by Crippen LogP contribution is -2.14. The summed E-state index contributed by atoms with van der Waals surface area (Å²) >= 11 is 0. The maximum absolute atomic E-state index is 14.2. The van der Waals surface area contributed by atoms with Gasteiger partial charge in [0.05, 0.1) is 11.4 Å². The molecule has 0 unspecified atom stereocenters. The van der Waals surface area contributed by atoms with Gasteiger partial charge in [0.1, 0.15) is 0 Å². The predicted octanol–water partition coefficient (Wildman–Crippen LogP) is 10.9. The average molecular weight is 662 g/mol. The van der Waals surface area contributed by atoms with Crippen LogP contribution in [0, 0.1) is 6.92 Å². The van der Waals surface area contributed by atoms with Crippen LogP contribution in [0.3, 0.4) is 0 Å². The van der Waals surface area contributed by atoms with E-state index in [2.05, 4.69) is 87.4 Å². The van der Waals surface area contributed by atoms with Crippen molar-refractivity contribution in [1.82, 2.24) is 15.0 Å². The minimum atomic E-state index is -0.193. The Bertz CT molecular complexity index is 2570. The van der Waals surface area contributed by atoms with E-state index in [1.54, 1.807) is 24.2 Å². The second-order valence-electron chi connectivity index (χ2n) is 13.3. The second kappa shape index (κ2) is 12.8. The van der Waals surface area contributed by atoms with Crippen LogP contribution in [0.1, 0.15) is 46.3 Å². The number of fused-ring (bicyclic) bond motifs is 5. The Kier molecular flexibility index (Phi) is 7.70. The van der Waals surface area contributed by atoms with Gasteiger partial charge >= 0.3 is 0 Å². The number of hydrogen-bond acceptors (Lipinski definition) is 5. The van der Waals surface area contributed by atoms with Crippen molar-refractivity contribution in [3.05, 3.63) is 162 Å². The molecular formula is C45H35N5O. The smallest absolute Gasteiger partial charge is 0.255 e. The molecule has 0 spiro atoms. The summed E-state index contributed by atoms with van der Waals surface area (Å²) in [6.45, 7) is 2.00. The van der Waals surface area contributed by atoms with Crippen molar-refractivity contribution in [3.8, 4) is 22.4 Å². The highest BCUT2D eigenvalue weighted by molar-refractivity contribution is 6.15. The second-order valence-corrected chi connectivity index (χ2v) is 13.3. The number of nitrogens with zero attached hydrogens (tertiary/aromatic N) is 3. The summed E-state index contributed by atoms with van der Waals surface area (Å²) in [5, 5.41) is 11.2. The number of anilines is 3. The fourth-order valence-electron chi connectivity index (χ4n) is 7.63. The lowest BCUT2D eigenvalue weighted by molar-refractivity contribution is 0.102. The number of benzene rings is 5. The molecule has 2 aliphatic rings. The Morgan fingerprint density at radius 2 is 1.65 bits per heavy atom. The normalized spacial score (nSPS) is 13.6. The van der Waals surface area contributed by atoms with E-state index >= 15 is 0 Å². The highest BCUT2D eigenvalue weighted by atomic mass is 16.1. The molecule has 0 saturated carbocycles. The minimum Gasteiger partial charge on any atom is -0.324 e. The van der Waals surface area contributed by atoms with Crippen LogP contribution in [-0.2, 0) is 6.42 Å². The van der Waals surface area contributed by atoms with Crippen molar-refractivity contribution in [3.63, 3.8) is 0 Å². The Balaban J connectivity index is 1.09. The SMILES string of the molecule is Cc1ccc(C(=O)Nc2c(-c3cccc4c5c(ccc34)C3=C(CCC=C3)CC5)ccc3ccccc23)cc1Nc1nccc(-c2cccnc2)n1. The van der Waals surface area contributed by atoms with Gasteiger partial charge in [-0.05, 0) is 107 Å². The first-order valence-corrected chi connectivity index (χ1v) is 17.5. The van der Waals surface area contributed by atoms with Gasteiger partial charge in [0, 0.05) is 46.4 Å². The van der Waals surface area contributed by atoms with E-state index in [-0.39, 0.29) is 5.91 Å². The lowest BCUT2D eigenvalue weighted by Gasteiger charge is -2.26. The van der Waals surface area contributed by atoms with E-state index < -0.39 is 0 Å². The van der Waals surface area contributed by atoms with Gasteiger partial charge in [0.15, 0.2) is 0 Å². The van der Waals surface area contributed by atoms with Gasteiger partial charge in [0.2, 0.25) is 5.95 Å². The van der Waals surface area contributed by atoms with Crippen LogP contribution in [0.4, 0.5) is 17.3 Å². The van der Waals surface area contributed by atoms with E-state index in [4.69, 9.17) is 4.98 Å². The molecular weight excluding hydrogens is 627 g/mol. The molecule has 2 heterocycles. The van der Waals surface area contributed by atoms with Crippen LogP contribution in [0.15, 0.2) is 139 Å². The Hall–Kier alpha value is -6.40. The molecule has 0 bridgehead atoms. The molecule has 1 amide bonds. The maximum atomic E-state index is 14.2. The summed E-state index contributed by atoms with van der Waals surface area (Å²) in [5.74, 6) is 0.250. The summed E-state index contributed by atoms with van der Waals surface area (Å²) in [4.78, 5) is 27.6. The number of allylic oxidation sites excluding steroid dienone is 4. The van der Waals surface area contributed by atoms with Crippen LogP contribution in [0.25, 0.3) is 49.5 Å². The molecule has 2 aromatic heterocycles. The van der Waals surface area contributed by atoms with Crippen LogP contribution in [0.2, 0.25) is 0 Å². The van der Waals surface area contributed by atoms with Crippen molar-refractivity contribution in [2.45, 2.75) is 32.6 Å². The summed E-state index contributed by atoms with van der Waals surface area (Å²) in [6, 6.07) is 35.1. The molecule has 5 aromatic carbocycles. The highest BCUT2D eigenvalue weighted by Crippen LogP contribution is 2.44. The number of pyridine rings is 1. The van der Waals surface area contributed by atoms with Gasteiger partial charge in [-0.25, -0.2) is 9.97 Å². The number of nitrogens with one attached hydrogen (secondary N) is 2. The molecule has 7 aromatic rings. The number of carbonyl (C=O) groups excluding carboxylic acids is 1. The lowest BCUT2D eigenvalue weighted by atomic mass is 9.79. The van der Waals surface area contributed by atoms with Crippen LogP contribution < -0.4 is 10.6 Å². The molecule has 0 aliphatic heterocycles. The Labute approximate surface area is 296 Å². The largest absolute Gasteiger partial charge is 0.324 e. The first-order valence-electron chi connectivity index (χ1n) is 17.5. The minimum absolute atomic E-state index is 0.193. The fraction of sp³-hybridized carbons (Fsp3) is 0.111. The molecule has 2 aliphatic carbocycles. The zero-order valence-corrected chi connectivity index (χ0v) is 28.3. The zero-order valence-electron chi connectivity index (χ0n) is 28.3. The molecule has 246 valence electrons. The fourth-order valence-corrected chi connectivity index (χ4v) is 7.63. The number of amides is 1. The standard InChI is InChI=1S/C45H35N5O/c1-28-15-16-31(26-42(28)49-45-47-25-23-41(48-45)32-10-7-24-46-27-32)44(51)50-43-34-12-5-3-9-30(34)18-20-40(43)36-14-6-13-35-38-19-17-29-8-2-4-11-33(29)37(38)21-22-39(35)36/h3-7,9-16,18,20-27H,2,8,17,19H2,1H3,(H,50,51)(H,47,48,49). The van der Waals surface area contributed by atoms with Gasteiger partial charge in [-0.15, -0.1) is 0 Å². The number of aromatic nitrogens is 3. The summed E-state index contributed by atoms with van der Waals surface area (Å²) < 4.78 is 0. The molecule has 0 radical (unpaired) electrons. The van der Waals surface area contributed by atoms with E-state index in [1.807, 2.05) is 55.5 Å². The monoisotopic (exact) mass is 661 g/mol. The predicted molar refractivity (Wildman–Crippen MR) is 208 cm³/mol. The summed E-state index contributed by atoms with van der Waals surface area (Å²) in [6.07, 6.45) is 14.3. The molecule has 2 N–H and O–H groups in total. The van der Waals surface area contributed by atoms with E-state index in [0.717, 1.165) is 75.8 Å². The summed E-state index contributed by atoms with van der Waals surface area (Å²) in [5.41, 5.74) is 12.6. The third-order valence-electron chi connectivity index (χ3n) is 10.2. The Morgan fingerprint density at radius 3 is 2.57 bits per heavy atom. The topological polar surface area (TPSA) is 79.8 Å². The van der Waals surface area contributed by atoms with Gasteiger partial charge in [0.25, 0.3) is 5.91 Å². The van der Waals surface area contributed by atoms with Gasteiger partial charge < -0.3 is 10.6 Å². The van der Waals surface area contributed by atoms with Gasteiger partial charge in [-0.2, -0.15) is 0 Å². The average Bonchev–Trinajstić information content (AvgIpc) is 3.19. The van der Waals surface area contributed by atoms with Crippen LogP contribution >= 0.6 is 0 Å². The van der Waals surface area contributed by atoms with Crippen molar-refractivity contribution in [2.24, 2.45) is 0 Å². The third kappa shape index (κ3) is 5.65. The van der Waals surface area contributed by atoms with Crippen molar-refractivity contribution >= 4 is 50.3 Å². The van der Waals surface area contributed by atoms with Crippen LogP contribution in [0.5, 0.6) is 0 Å². The molecule has 0 atom stereocenters. The molecule has 0 saturated heterocycles. The molecule has 9 rings (SSSR count). The first-order chi connectivity index (χ1) is 25.1. The Morgan fingerprint density at radius 1 is 0.745 bits per heavy atom. The van der Waals surface area contributed by atoms with Crippen molar-refractivity contribution in [2.75, 3.05) is 10.6 Å². The maximum Gasteiger partial charge on any atom is 0.255 e. The quantitative estimate of drug-likeness (QED) is 0.185. The number of rotatable bonds is 6. The molecule has 6 nitrogen and oxygen atoms in total. The van der Waals surface area contributed by atoms with E-state index in [9.17, 15) is 4.79 Å². The van der Waals surface area contributed by atoms with Crippen molar-refractivity contribution in [1.29, 1.82) is 0 Å². The first kappa shape index (κ1) is 30.6. The highest BCUT2D eigenvalue weighted by Gasteiger charge is 2.23. The van der Waals surface area contributed by atoms with E-state index in [1.165, 1.54) is 27.5 Å². The molecule has 6 heteroatoms. The number of carbonyl (C=O) groups is 1. The molecule has 51 heavy (non-hydrogen) atoms. The van der Waals surface area contributed by atoms with Gasteiger partial charge in [-0.3, -0.25) is 9.78 Å².